The Morgan fingerprint density at radius 3 is 2.50 bits per heavy atom. The Labute approximate surface area is 116 Å². The summed E-state index contributed by atoms with van der Waals surface area (Å²) in [4.78, 5) is 0. The summed E-state index contributed by atoms with van der Waals surface area (Å²) in [6.07, 6.45) is 0.466. The Morgan fingerprint density at radius 2 is 1.85 bits per heavy atom. The maximum absolute atomic E-state index is 13.7. The number of nitrogens with one attached hydrogen (secondary N) is 1. The number of hydrogen-bond acceptors (Lipinski definition) is 3. The Hall–Kier alpha value is -1.98. The summed E-state index contributed by atoms with van der Waals surface area (Å²) in [5.74, 6) is 4.94. The van der Waals surface area contributed by atoms with Crippen molar-refractivity contribution in [3.8, 4) is 5.75 Å². The molecule has 0 heterocycles. The van der Waals surface area contributed by atoms with Gasteiger partial charge in [0, 0.05) is 18.1 Å². The number of ether oxygens (including phenoxy) is 1. The fourth-order valence-corrected chi connectivity index (χ4v) is 1.92. The van der Waals surface area contributed by atoms with Gasteiger partial charge < -0.3 is 4.74 Å². The fourth-order valence-electron chi connectivity index (χ4n) is 1.92. The van der Waals surface area contributed by atoms with Crippen LogP contribution in [0.2, 0.25) is 0 Å². The van der Waals surface area contributed by atoms with Gasteiger partial charge in [0.1, 0.15) is 17.4 Å². The topological polar surface area (TPSA) is 47.3 Å². The molecule has 3 nitrogen and oxygen atoms in total. The van der Waals surface area contributed by atoms with Crippen LogP contribution in [0.25, 0.3) is 0 Å². The van der Waals surface area contributed by atoms with Gasteiger partial charge in [-0.1, -0.05) is 24.3 Å². The van der Waals surface area contributed by atoms with Crippen molar-refractivity contribution < 1.29 is 13.5 Å². The van der Waals surface area contributed by atoms with Gasteiger partial charge in [-0.2, -0.15) is 0 Å². The quantitative estimate of drug-likeness (QED) is 0.631. The summed E-state index contributed by atoms with van der Waals surface area (Å²) in [6, 6.07) is 12.3. The number of rotatable bonds is 6. The molecule has 0 aromatic heterocycles. The average Bonchev–Trinajstić information content (AvgIpc) is 2.46. The molecule has 106 valence electrons. The summed E-state index contributed by atoms with van der Waals surface area (Å²) >= 11 is 0. The first-order valence-corrected chi connectivity index (χ1v) is 6.29. The predicted octanol–water partition coefficient (Wildman–Crippen LogP) is 2.94. The van der Waals surface area contributed by atoms with Crippen LogP contribution in [0.15, 0.2) is 48.5 Å². The third-order valence-corrected chi connectivity index (χ3v) is 2.96. The second kappa shape index (κ2) is 6.98. The lowest BCUT2D eigenvalue weighted by molar-refractivity contribution is 0.285. The summed E-state index contributed by atoms with van der Waals surface area (Å²) < 4.78 is 32.1. The molecule has 0 saturated heterocycles. The molecule has 0 aliphatic carbocycles. The lowest BCUT2D eigenvalue weighted by Gasteiger charge is -2.17. The molecule has 5 heteroatoms. The number of nitrogens with two attached hydrogens (primary N) is 1. The van der Waals surface area contributed by atoms with Crippen molar-refractivity contribution in [2.75, 3.05) is 6.61 Å². The smallest absolute Gasteiger partial charge is 0.130 e. The first kappa shape index (κ1) is 14.4. The van der Waals surface area contributed by atoms with Crippen LogP contribution in [0.5, 0.6) is 5.75 Å². The highest BCUT2D eigenvalue weighted by atomic mass is 19.1. The number of hydrogen-bond donors (Lipinski definition) is 2. The highest BCUT2D eigenvalue weighted by molar-refractivity contribution is 5.23. The Balaban J connectivity index is 1.95. The molecule has 0 amide bonds. The molecule has 0 aliphatic rings. The fraction of sp³-hybridized carbons (Fsp3) is 0.200. The van der Waals surface area contributed by atoms with Crippen LogP contribution >= 0.6 is 0 Å². The molecule has 2 aromatic rings. The molecule has 2 rings (SSSR count). The second-order valence-corrected chi connectivity index (χ2v) is 4.34. The van der Waals surface area contributed by atoms with Gasteiger partial charge >= 0.3 is 0 Å². The minimum Gasteiger partial charge on any atom is -0.494 e. The van der Waals surface area contributed by atoms with Crippen LogP contribution in [-0.4, -0.2) is 6.61 Å². The second-order valence-electron chi connectivity index (χ2n) is 4.34. The van der Waals surface area contributed by atoms with Crippen LogP contribution in [0.3, 0.4) is 0 Å². The van der Waals surface area contributed by atoms with Gasteiger partial charge in [0.15, 0.2) is 0 Å². The van der Waals surface area contributed by atoms with Gasteiger partial charge in [-0.3, -0.25) is 11.3 Å². The monoisotopic (exact) mass is 278 g/mol. The zero-order valence-corrected chi connectivity index (χ0v) is 10.9. The van der Waals surface area contributed by atoms with Crippen LogP contribution in [0, 0.1) is 11.6 Å². The van der Waals surface area contributed by atoms with Crippen molar-refractivity contribution in [3.63, 3.8) is 0 Å². The molecule has 0 saturated carbocycles. The van der Waals surface area contributed by atoms with Crippen molar-refractivity contribution in [3.05, 3.63) is 65.7 Å². The van der Waals surface area contributed by atoms with E-state index in [2.05, 4.69) is 5.43 Å². The van der Waals surface area contributed by atoms with E-state index in [0.29, 0.717) is 18.6 Å². The lowest BCUT2D eigenvalue weighted by Crippen LogP contribution is -2.30. The Morgan fingerprint density at radius 1 is 1.10 bits per heavy atom. The maximum atomic E-state index is 13.7. The molecule has 1 atom stereocenters. The number of hydrazine groups is 1. The van der Waals surface area contributed by atoms with E-state index >= 15 is 0 Å². The van der Waals surface area contributed by atoms with E-state index < -0.39 is 17.7 Å². The summed E-state index contributed by atoms with van der Waals surface area (Å²) in [6.45, 7) is 0.371. The first-order chi connectivity index (χ1) is 9.70. The maximum Gasteiger partial charge on any atom is 0.130 e. The average molecular weight is 278 g/mol. The van der Waals surface area contributed by atoms with Crippen molar-refractivity contribution in [2.45, 2.75) is 12.5 Å². The largest absolute Gasteiger partial charge is 0.494 e. The molecular weight excluding hydrogens is 262 g/mol. The number of halogens is 2. The summed E-state index contributed by atoms with van der Waals surface area (Å²) in [5, 5.41) is 0. The highest BCUT2D eigenvalue weighted by Gasteiger charge is 2.15. The molecule has 2 aromatic carbocycles. The van der Waals surface area contributed by atoms with Crippen molar-refractivity contribution in [1.82, 2.24) is 5.43 Å². The van der Waals surface area contributed by atoms with Gasteiger partial charge in [-0.25, -0.2) is 8.78 Å². The van der Waals surface area contributed by atoms with E-state index in [9.17, 15) is 8.78 Å². The molecule has 0 fully saturated rings. The molecule has 0 radical (unpaired) electrons. The molecule has 1 unspecified atom stereocenters. The molecule has 20 heavy (non-hydrogen) atoms. The first-order valence-electron chi connectivity index (χ1n) is 6.29. The van der Waals surface area contributed by atoms with Crippen LogP contribution < -0.4 is 16.0 Å². The van der Waals surface area contributed by atoms with E-state index in [1.165, 1.54) is 12.1 Å². The van der Waals surface area contributed by atoms with E-state index in [1.54, 1.807) is 0 Å². The molecule has 0 bridgehead atoms. The third kappa shape index (κ3) is 3.76. The van der Waals surface area contributed by atoms with Crippen molar-refractivity contribution in [1.29, 1.82) is 0 Å². The van der Waals surface area contributed by atoms with Crippen molar-refractivity contribution in [2.24, 2.45) is 5.84 Å². The minimum atomic E-state index is -0.618. The SMILES string of the molecule is NNC(CCOc1ccccc1)c1ccc(F)cc1F. The standard InChI is InChI=1S/C15H16F2N2O/c16-11-6-7-13(14(17)10-11)15(19-18)8-9-20-12-4-2-1-3-5-12/h1-7,10,15,19H,8-9,18H2. The third-order valence-electron chi connectivity index (χ3n) is 2.96. The summed E-state index contributed by atoms with van der Waals surface area (Å²) in [7, 11) is 0. The predicted molar refractivity (Wildman–Crippen MR) is 73.0 cm³/mol. The van der Waals surface area contributed by atoms with E-state index in [4.69, 9.17) is 10.6 Å². The zero-order valence-electron chi connectivity index (χ0n) is 10.9. The lowest BCUT2D eigenvalue weighted by atomic mass is 10.0. The molecule has 0 aliphatic heterocycles. The van der Waals surface area contributed by atoms with E-state index in [0.717, 1.165) is 11.8 Å². The summed E-state index contributed by atoms with van der Waals surface area (Å²) in [5.41, 5.74) is 2.85. The highest BCUT2D eigenvalue weighted by Crippen LogP contribution is 2.21. The zero-order chi connectivity index (χ0) is 14.4. The number of benzene rings is 2. The number of para-hydroxylation sites is 1. The van der Waals surface area contributed by atoms with Crippen molar-refractivity contribution >= 4 is 0 Å². The van der Waals surface area contributed by atoms with Gasteiger partial charge in [0.25, 0.3) is 0 Å². The van der Waals surface area contributed by atoms with Gasteiger partial charge in [0.2, 0.25) is 0 Å². The van der Waals surface area contributed by atoms with E-state index in [-0.39, 0.29) is 0 Å². The normalized spacial score (nSPS) is 12.2. The van der Waals surface area contributed by atoms with Crippen LogP contribution in [0.4, 0.5) is 8.78 Å². The van der Waals surface area contributed by atoms with Crippen LogP contribution in [-0.2, 0) is 0 Å². The molecular formula is C15H16F2N2O. The van der Waals surface area contributed by atoms with E-state index in [1.807, 2.05) is 30.3 Å². The van der Waals surface area contributed by atoms with Crippen LogP contribution in [0.1, 0.15) is 18.0 Å². The van der Waals surface area contributed by atoms with Gasteiger partial charge in [0.05, 0.1) is 12.6 Å². The molecule has 3 N–H and O–H groups in total. The van der Waals surface area contributed by atoms with Gasteiger partial charge in [-0.15, -0.1) is 0 Å². The Bertz CT molecular complexity index is 549. The molecule has 0 spiro atoms. The van der Waals surface area contributed by atoms with Gasteiger partial charge in [-0.05, 0) is 18.2 Å². The minimum absolute atomic E-state index is 0.325. The Kier molecular flexibility index (Phi) is 5.03.